The predicted molar refractivity (Wildman–Crippen MR) is 86.9 cm³/mol. The largest absolute Gasteiger partial charge is 0.481 e. The van der Waals surface area contributed by atoms with Crippen molar-refractivity contribution in [2.45, 2.75) is 59.5 Å². The van der Waals surface area contributed by atoms with Crippen molar-refractivity contribution < 1.29 is 18.4 Å². The van der Waals surface area contributed by atoms with Crippen LogP contribution < -0.4 is 0 Å². The Hall–Kier alpha value is -1.36. The van der Waals surface area contributed by atoms with Crippen LogP contribution in [-0.4, -0.2) is 20.5 Å². The SMILES string of the molecule is C=C(C)C(=O)O[Si](CC(C)C)(OC(=O)C(=C)C)C(C)(C)C. The van der Waals surface area contributed by atoms with E-state index in [0.29, 0.717) is 17.2 Å². The Balaban J connectivity index is 5.74. The number of hydrogen-bond donors (Lipinski definition) is 0. The van der Waals surface area contributed by atoms with Gasteiger partial charge in [0.05, 0.1) is 0 Å². The van der Waals surface area contributed by atoms with Crippen LogP contribution in [0.25, 0.3) is 0 Å². The summed E-state index contributed by atoms with van der Waals surface area (Å²) in [7, 11) is -3.13. The summed E-state index contributed by atoms with van der Waals surface area (Å²) in [6.07, 6.45) is 0. The molecule has 0 heterocycles. The molecule has 0 aromatic heterocycles. The first kappa shape index (κ1) is 19.6. The predicted octanol–water partition coefficient (Wildman–Crippen LogP) is 4.12. The molecule has 0 saturated carbocycles. The third-order valence-electron chi connectivity index (χ3n) is 3.03. The average Bonchev–Trinajstić information content (AvgIpc) is 2.25. The molecule has 0 aromatic carbocycles. The van der Waals surface area contributed by atoms with E-state index in [1.807, 2.05) is 34.6 Å². The van der Waals surface area contributed by atoms with Gasteiger partial charge in [-0.25, -0.2) is 9.59 Å². The van der Waals surface area contributed by atoms with Gasteiger partial charge >= 0.3 is 20.5 Å². The van der Waals surface area contributed by atoms with E-state index in [2.05, 4.69) is 13.2 Å². The fraction of sp³-hybridized carbons (Fsp3) is 0.625. The average molecular weight is 312 g/mol. The third-order valence-corrected chi connectivity index (χ3v) is 7.70. The van der Waals surface area contributed by atoms with Crippen LogP contribution in [0.15, 0.2) is 24.3 Å². The number of carbonyl (C=O) groups excluding carboxylic acids is 2. The van der Waals surface area contributed by atoms with Crippen molar-refractivity contribution in [1.82, 2.24) is 0 Å². The van der Waals surface area contributed by atoms with Gasteiger partial charge in [-0.2, -0.15) is 0 Å². The molecule has 5 heteroatoms. The van der Waals surface area contributed by atoms with E-state index in [1.165, 1.54) is 0 Å². The molecule has 0 bridgehead atoms. The number of hydrogen-bond acceptors (Lipinski definition) is 4. The molecule has 0 aliphatic rings. The molecular formula is C16H28O4Si. The molecule has 0 saturated heterocycles. The van der Waals surface area contributed by atoms with Gasteiger partial charge in [-0.3, -0.25) is 0 Å². The van der Waals surface area contributed by atoms with Gasteiger partial charge in [0.2, 0.25) is 0 Å². The molecule has 0 unspecified atom stereocenters. The smallest absolute Gasteiger partial charge is 0.470 e. The summed E-state index contributed by atoms with van der Waals surface area (Å²) in [4.78, 5) is 24.1. The Labute approximate surface area is 129 Å². The van der Waals surface area contributed by atoms with E-state index in [9.17, 15) is 9.59 Å². The van der Waals surface area contributed by atoms with E-state index < -0.39 is 25.5 Å². The summed E-state index contributed by atoms with van der Waals surface area (Å²) >= 11 is 0. The van der Waals surface area contributed by atoms with Crippen molar-refractivity contribution in [1.29, 1.82) is 0 Å². The lowest BCUT2D eigenvalue weighted by Crippen LogP contribution is -2.54. The van der Waals surface area contributed by atoms with Crippen LogP contribution in [0.1, 0.15) is 48.5 Å². The third kappa shape index (κ3) is 5.50. The lowest BCUT2D eigenvalue weighted by Gasteiger charge is -2.40. The first-order valence-corrected chi connectivity index (χ1v) is 9.12. The van der Waals surface area contributed by atoms with Gasteiger partial charge in [0.15, 0.2) is 0 Å². The molecule has 0 rings (SSSR count). The van der Waals surface area contributed by atoms with Crippen LogP contribution in [0.4, 0.5) is 0 Å². The van der Waals surface area contributed by atoms with E-state index >= 15 is 0 Å². The quantitative estimate of drug-likeness (QED) is 0.547. The van der Waals surface area contributed by atoms with Gasteiger partial charge in [0.25, 0.3) is 0 Å². The molecule has 0 atom stereocenters. The molecule has 0 amide bonds. The lowest BCUT2D eigenvalue weighted by atomic mass is 10.2. The topological polar surface area (TPSA) is 52.6 Å². The second-order valence-corrected chi connectivity index (χ2v) is 10.8. The van der Waals surface area contributed by atoms with Crippen LogP contribution in [0, 0.1) is 5.92 Å². The second kappa shape index (κ2) is 7.07. The summed E-state index contributed by atoms with van der Waals surface area (Å²) in [6, 6.07) is 0.536. The van der Waals surface area contributed by atoms with E-state index in [4.69, 9.17) is 8.85 Å². The Bertz CT molecular complexity index is 416. The van der Waals surface area contributed by atoms with Gasteiger partial charge in [0, 0.05) is 22.2 Å². The zero-order chi connectivity index (χ0) is 17.0. The van der Waals surface area contributed by atoms with E-state index in [1.54, 1.807) is 13.8 Å². The minimum absolute atomic E-state index is 0.228. The molecule has 0 N–H and O–H groups in total. The Morgan fingerprint density at radius 2 is 1.33 bits per heavy atom. The van der Waals surface area contributed by atoms with Crippen LogP contribution in [-0.2, 0) is 18.4 Å². The molecule has 120 valence electrons. The Morgan fingerprint density at radius 3 is 1.52 bits per heavy atom. The first-order chi connectivity index (χ1) is 9.32. The van der Waals surface area contributed by atoms with E-state index in [-0.39, 0.29) is 5.92 Å². The summed E-state index contributed by atoms with van der Waals surface area (Å²) in [5.41, 5.74) is 0.595. The van der Waals surface area contributed by atoms with Crippen molar-refractivity contribution in [3.8, 4) is 0 Å². The number of carbonyl (C=O) groups is 2. The highest BCUT2D eigenvalue weighted by Crippen LogP contribution is 2.43. The summed E-state index contributed by atoms with van der Waals surface area (Å²) in [5, 5.41) is -0.451. The van der Waals surface area contributed by atoms with Gasteiger partial charge in [-0.1, -0.05) is 47.8 Å². The van der Waals surface area contributed by atoms with Crippen LogP contribution in [0.5, 0.6) is 0 Å². The molecule has 0 spiro atoms. The van der Waals surface area contributed by atoms with E-state index in [0.717, 1.165) is 0 Å². The second-order valence-electron chi connectivity index (χ2n) is 6.94. The van der Waals surface area contributed by atoms with Crippen molar-refractivity contribution in [2.24, 2.45) is 5.92 Å². The maximum atomic E-state index is 12.0. The summed E-state index contributed by atoms with van der Waals surface area (Å²) in [5.74, 6) is -0.787. The molecule has 21 heavy (non-hydrogen) atoms. The monoisotopic (exact) mass is 312 g/mol. The minimum Gasteiger partial charge on any atom is -0.481 e. The fourth-order valence-electron chi connectivity index (χ4n) is 1.73. The van der Waals surface area contributed by atoms with Crippen LogP contribution in [0.2, 0.25) is 11.1 Å². The Morgan fingerprint density at radius 1 is 1.00 bits per heavy atom. The normalized spacial score (nSPS) is 12.0. The van der Waals surface area contributed by atoms with Gasteiger partial charge in [-0.15, -0.1) is 0 Å². The molecule has 0 aliphatic carbocycles. The summed E-state index contributed by atoms with van der Waals surface area (Å²) < 4.78 is 11.4. The highest BCUT2D eigenvalue weighted by atomic mass is 28.4. The minimum atomic E-state index is -3.13. The molecule has 0 fully saturated rings. The molecule has 0 aliphatic heterocycles. The van der Waals surface area contributed by atoms with Gasteiger partial charge in [0.1, 0.15) is 0 Å². The maximum Gasteiger partial charge on any atom is 0.470 e. The highest BCUT2D eigenvalue weighted by Gasteiger charge is 2.56. The van der Waals surface area contributed by atoms with Crippen molar-refractivity contribution >= 4 is 20.5 Å². The van der Waals surface area contributed by atoms with Crippen molar-refractivity contribution in [3.05, 3.63) is 24.3 Å². The fourth-order valence-corrected chi connectivity index (χ4v) is 5.18. The van der Waals surface area contributed by atoms with Crippen LogP contribution in [0.3, 0.4) is 0 Å². The maximum absolute atomic E-state index is 12.0. The first-order valence-electron chi connectivity index (χ1n) is 7.10. The molecule has 0 aromatic rings. The van der Waals surface area contributed by atoms with Crippen LogP contribution >= 0.6 is 0 Å². The van der Waals surface area contributed by atoms with Crippen molar-refractivity contribution in [2.75, 3.05) is 0 Å². The molecule has 0 radical (unpaired) electrons. The van der Waals surface area contributed by atoms with Gasteiger partial charge in [-0.05, 0) is 19.8 Å². The molecular weight excluding hydrogens is 284 g/mol. The zero-order valence-electron chi connectivity index (χ0n) is 14.3. The highest BCUT2D eigenvalue weighted by molar-refractivity contribution is 6.73. The zero-order valence-corrected chi connectivity index (χ0v) is 15.3. The number of rotatable bonds is 6. The van der Waals surface area contributed by atoms with Gasteiger partial charge < -0.3 is 8.85 Å². The standard InChI is InChI=1S/C16H28O4Si/c1-11(2)10-21(16(7,8)9,19-14(17)12(3)4)20-15(18)13(5)6/h11H,3,5,10H2,1-2,4,6-9H3. The van der Waals surface area contributed by atoms with Crippen molar-refractivity contribution in [3.63, 3.8) is 0 Å². The lowest BCUT2D eigenvalue weighted by molar-refractivity contribution is -0.138. The Kier molecular flexibility index (Phi) is 6.61. The molecule has 4 nitrogen and oxygen atoms in total. The summed E-state index contributed by atoms with van der Waals surface area (Å²) in [6.45, 7) is 20.2.